The Bertz CT molecular complexity index is 506. The Kier molecular flexibility index (Phi) is 6.02. The van der Waals surface area contributed by atoms with Gasteiger partial charge in [-0.15, -0.1) is 0 Å². The maximum absolute atomic E-state index is 11.9. The molecule has 3 nitrogen and oxygen atoms in total. The molecule has 1 rings (SSSR count). The minimum Gasteiger partial charge on any atom is -0.212 e. The lowest BCUT2D eigenvalue weighted by molar-refractivity contribution is 0.396. The van der Waals surface area contributed by atoms with Gasteiger partial charge in [0.25, 0.3) is 0 Å². The smallest absolute Gasteiger partial charge is 0.211 e. The van der Waals surface area contributed by atoms with Gasteiger partial charge in [0.15, 0.2) is 0 Å². The van der Waals surface area contributed by atoms with Gasteiger partial charge >= 0.3 is 0 Å². The number of sulfonamides is 1. The van der Waals surface area contributed by atoms with Gasteiger partial charge in [-0.3, -0.25) is 0 Å². The summed E-state index contributed by atoms with van der Waals surface area (Å²) in [4.78, 5) is 0. The molecule has 0 spiro atoms. The zero-order chi connectivity index (χ0) is 14.5. The Morgan fingerprint density at radius 3 is 2.42 bits per heavy atom. The molecule has 0 aliphatic rings. The molecule has 0 aromatic heterocycles. The molecule has 1 N–H and O–H groups in total. The number of rotatable bonds is 6. The third kappa shape index (κ3) is 7.09. The molecule has 0 aliphatic heterocycles. The molecular formula is C14H22BrNO2S. The van der Waals surface area contributed by atoms with Crippen molar-refractivity contribution in [3.63, 3.8) is 0 Å². The summed E-state index contributed by atoms with van der Waals surface area (Å²) in [5.74, 6) is 0.175. The molecule has 0 saturated carbocycles. The highest BCUT2D eigenvalue weighted by atomic mass is 79.9. The summed E-state index contributed by atoms with van der Waals surface area (Å²) in [5.41, 5.74) is 2.16. The van der Waals surface area contributed by atoms with Crippen LogP contribution in [0.1, 0.15) is 38.3 Å². The summed E-state index contributed by atoms with van der Waals surface area (Å²) in [6, 6.07) is 7.88. The molecule has 5 heteroatoms. The van der Waals surface area contributed by atoms with Gasteiger partial charge in [0.1, 0.15) is 0 Å². The average Bonchev–Trinajstić information content (AvgIpc) is 2.34. The number of benzene rings is 1. The average molecular weight is 348 g/mol. The molecule has 1 aromatic carbocycles. The molecule has 0 radical (unpaired) electrons. The lowest BCUT2D eigenvalue weighted by Gasteiger charge is -2.17. The van der Waals surface area contributed by atoms with Gasteiger partial charge in [0.05, 0.1) is 5.75 Å². The van der Waals surface area contributed by atoms with Crippen LogP contribution in [0.4, 0.5) is 0 Å². The van der Waals surface area contributed by atoms with Gasteiger partial charge in [-0.25, -0.2) is 13.1 Å². The maximum atomic E-state index is 11.9. The zero-order valence-electron chi connectivity index (χ0n) is 11.7. The summed E-state index contributed by atoms with van der Waals surface area (Å²) in [6.45, 7) is 6.49. The van der Waals surface area contributed by atoms with Gasteiger partial charge < -0.3 is 0 Å². The third-order valence-electron chi connectivity index (χ3n) is 2.76. The highest BCUT2D eigenvalue weighted by Crippen LogP contribution is 2.19. The fraction of sp³-hybridized carbons (Fsp3) is 0.571. The van der Waals surface area contributed by atoms with Crippen molar-refractivity contribution in [1.29, 1.82) is 0 Å². The fourth-order valence-electron chi connectivity index (χ4n) is 1.53. The van der Waals surface area contributed by atoms with Crippen molar-refractivity contribution in [3.8, 4) is 0 Å². The normalized spacial score (nSPS) is 12.6. The van der Waals surface area contributed by atoms with Crippen LogP contribution in [0.2, 0.25) is 0 Å². The number of alkyl halides is 1. The van der Waals surface area contributed by atoms with Crippen molar-refractivity contribution in [2.24, 2.45) is 5.41 Å². The first-order valence-corrected chi connectivity index (χ1v) is 9.10. The van der Waals surface area contributed by atoms with Crippen LogP contribution in [-0.4, -0.2) is 14.2 Å². The highest BCUT2D eigenvalue weighted by Gasteiger charge is 2.16. The van der Waals surface area contributed by atoms with E-state index < -0.39 is 10.0 Å². The summed E-state index contributed by atoms with van der Waals surface area (Å²) in [6.07, 6.45) is 0.657. The van der Waals surface area contributed by atoms with Gasteiger partial charge in [0.2, 0.25) is 10.0 Å². The predicted octanol–water partition coefficient (Wildman–Crippen LogP) is 3.44. The van der Waals surface area contributed by atoms with E-state index in [0.29, 0.717) is 13.0 Å². The summed E-state index contributed by atoms with van der Waals surface area (Å²) < 4.78 is 26.4. The van der Waals surface area contributed by atoms with E-state index in [9.17, 15) is 8.42 Å². The van der Waals surface area contributed by atoms with Crippen LogP contribution < -0.4 is 4.72 Å². The Hall–Kier alpha value is -0.390. The molecule has 1 aromatic rings. The van der Waals surface area contributed by atoms with Crippen molar-refractivity contribution in [2.75, 3.05) is 5.75 Å². The number of halogens is 1. The third-order valence-corrected chi connectivity index (χ3v) is 4.74. The Balaban J connectivity index is 2.55. The van der Waals surface area contributed by atoms with Crippen molar-refractivity contribution >= 4 is 26.0 Å². The quantitative estimate of drug-likeness (QED) is 0.801. The molecule has 0 fully saturated rings. The van der Waals surface area contributed by atoms with E-state index in [1.54, 1.807) is 0 Å². The summed E-state index contributed by atoms with van der Waals surface area (Å²) in [5, 5.41) is 0.775. The highest BCUT2D eigenvalue weighted by molar-refractivity contribution is 9.08. The first-order valence-electron chi connectivity index (χ1n) is 6.33. The molecule has 0 atom stereocenters. The lowest BCUT2D eigenvalue weighted by atomic mass is 9.94. The van der Waals surface area contributed by atoms with Gasteiger partial charge in [0, 0.05) is 11.9 Å². The van der Waals surface area contributed by atoms with Crippen molar-refractivity contribution in [3.05, 3.63) is 35.4 Å². The molecule has 0 aliphatic carbocycles. The molecule has 0 saturated heterocycles. The van der Waals surface area contributed by atoms with E-state index in [4.69, 9.17) is 0 Å². The predicted molar refractivity (Wildman–Crippen MR) is 83.8 cm³/mol. The largest absolute Gasteiger partial charge is 0.212 e. The van der Waals surface area contributed by atoms with E-state index in [1.807, 2.05) is 45.0 Å². The minimum absolute atomic E-state index is 0.0324. The Morgan fingerprint density at radius 2 is 1.84 bits per heavy atom. The summed E-state index contributed by atoms with van der Waals surface area (Å²) >= 11 is 3.39. The molecule has 19 heavy (non-hydrogen) atoms. The van der Waals surface area contributed by atoms with Crippen molar-refractivity contribution < 1.29 is 8.42 Å². The molecule has 0 unspecified atom stereocenters. The van der Waals surface area contributed by atoms with E-state index in [2.05, 4.69) is 20.7 Å². The van der Waals surface area contributed by atoms with Crippen molar-refractivity contribution in [1.82, 2.24) is 4.72 Å². The number of hydrogen-bond donors (Lipinski definition) is 1. The first kappa shape index (κ1) is 16.7. The molecule has 0 amide bonds. The van der Waals surface area contributed by atoms with Crippen LogP contribution in [0.25, 0.3) is 0 Å². The zero-order valence-corrected chi connectivity index (χ0v) is 14.1. The standard InChI is InChI=1S/C14H22BrNO2S/c1-14(2,3)7-8-19(17,18)16-11-13-6-4-5-12(9-13)10-15/h4-6,9,16H,7-8,10-11H2,1-3H3. The Morgan fingerprint density at radius 1 is 1.21 bits per heavy atom. The molecule has 108 valence electrons. The van der Waals surface area contributed by atoms with Crippen LogP contribution in [0.15, 0.2) is 24.3 Å². The fourth-order valence-corrected chi connectivity index (χ4v) is 3.29. The van der Waals surface area contributed by atoms with Crippen LogP contribution in [0.3, 0.4) is 0 Å². The SMILES string of the molecule is CC(C)(C)CCS(=O)(=O)NCc1cccc(CBr)c1. The Labute approximate surface area is 125 Å². The topological polar surface area (TPSA) is 46.2 Å². The van der Waals surface area contributed by atoms with Gasteiger partial charge in [-0.1, -0.05) is 61.0 Å². The van der Waals surface area contributed by atoms with E-state index in [1.165, 1.54) is 0 Å². The molecular weight excluding hydrogens is 326 g/mol. The van der Waals surface area contributed by atoms with Crippen molar-refractivity contribution in [2.45, 2.75) is 39.1 Å². The van der Waals surface area contributed by atoms with Crippen LogP contribution >= 0.6 is 15.9 Å². The number of nitrogens with one attached hydrogen (secondary N) is 1. The van der Waals surface area contributed by atoms with Crippen LogP contribution in [-0.2, 0) is 21.9 Å². The summed E-state index contributed by atoms with van der Waals surface area (Å²) in [7, 11) is -3.19. The second kappa shape index (κ2) is 6.86. The first-order chi connectivity index (χ1) is 8.72. The second-order valence-corrected chi connectivity index (χ2v) is 8.39. The molecule has 0 heterocycles. The lowest BCUT2D eigenvalue weighted by Crippen LogP contribution is -2.28. The minimum atomic E-state index is -3.19. The van der Waals surface area contributed by atoms with Crippen LogP contribution in [0, 0.1) is 5.41 Å². The van der Waals surface area contributed by atoms with Gasteiger partial charge in [-0.2, -0.15) is 0 Å². The maximum Gasteiger partial charge on any atom is 0.211 e. The van der Waals surface area contributed by atoms with Gasteiger partial charge in [-0.05, 0) is 23.0 Å². The van der Waals surface area contributed by atoms with E-state index in [-0.39, 0.29) is 11.2 Å². The van der Waals surface area contributed by atoms with E-state index >= 15 is 0 Å². The molecule has 0 bridgehead atoms. The monoisotopic (exact) mass is 347 g/mol. The van der Waals surface area contributed by atoms with E-state index in [0.717, 1.165) is 16.5 Å². The number of hydrogen-bond acceptors (Lipinski definition) is 2. The second-order valence-electron chi connectivity index (χ2n) is 5.90. The van der Waals surface area contributed by atoms with Crippen LogP contribution in [0.5, 0.6) is 0 Å².